The molecule has 0 fully saturated rings. The van der Waals surface area contributed by atoms with Crippen LogP contribution in [0.2, 0.25) is 0 Å². The number of hydrogen-bond donors (Lipinski definition) is 0. The van der Waals surface area contributed by atoms with Crippen molar-refractivity contribution >= 4 is 0 Å². The quantitative estimate of drug-likeness (QED) is 0.431. The predicted molar refractivity (Wildman–Crippen MR) is 80.2 cm³/mol. The van der Waals surface area contributed by atoms with Gasteiger partial charge in [0.05, 0.1) is 0 Å². The van der Waals surface area contributed by atoms with Crippen LogP contribution in [0.25, 0.3) is 0 Å². The number of rotatable bonds is 9. The summed E-state index contributed by atoms with van der Waals surface area (Å²) < 4.78 is 0. The SMILES string of the molecule is C=CC[C@@H](C)C[C@H](C)C[C@@H](C)CCC=C(C)C. The predicted octanol–water partition coefficient (Wildman–Crippen LogP) is 6.00. The molecule has 0 spiro atoms. The standard InChI is InChI=1S/C17H32/c1-7-9-15(4)12-17(6)13-16(5)11-8-10-14(2)3/h7,10,15-17H,1,8-9,11-13H2,2-6H3/t15-,16+,17+/m1/s1. The van der Waals surface area contributed by atoms with Crippen LogP contribution < -0.4 is 0 Å². The van der Waals surface area contributed by atoms with Crippen molar-refractivity contribution in [1.29, 1.82) is 0 Å². The molecule has 0 saturated heterocycles. The van der Waals surface area contributed by atoms with Crippen molar-refractivity contribution < 1.29 is 0 Å². The zero-order valence-corrected chi connectivity index (χ0v) is 12.6. The molecule has 0 radical (unpaired) electrons. The maximum Gasteiger partial charge on any atom is -0.0327 e. The van der Waals surface area contributed by atoms with Crippen molar-refractivity contribution in [3.63, 3.8) is 0 Å². The van der Waals surface area contributed by atoms with Gasteiger partial charge >= 0.3 is 0 Å². The fourth-order valence-corrected chi connectivity index (χ4v) is 2.63. The van der Waals surface area contributed by atoms with Gasteiger partial charge < -0.3 is 0 Å². The first kappa shape index (κ1) is 16.5. The topological polar surface area (TPSA) is 0 Å². The summed E-state index contributed by atoms with van der Waals surface area (Å²) in [7, 11) is 0. The third-order valence-electron chi connectivity index (χ3n) is 3.39. The fraction of sp³-hybridized carbons (Fsp3) is 0.765. The molecule has 3 atom stereocenters. The highest BCUT2D eigenvalue weighted by Crippen LogP contribution is 2.24. The smallest absolute Gasteiger partial charge is 0.0327 e. The molecule has 0 aliphatic heterocycles. The van der Waals surface area contributed by atoms with E-state index in [1.54, 1.807) is 0 Å². The van der Waals surface area contributed by atoms with Gasteiger partial charge in [0, 0.05) is 0 Å². The van der Waals surface area contributed by atoms with Crippen LogP contribution in [0.4, 0.5) is 0 Å². The Morgan fingerprint density at radius 2 is 1.59 bits per heavy atom. The van der Waals surface area contributed by atoms with Crippen LogP contribution in [0.3, 0.4) is 0 Å². The van der Waals surface area contributed by atoms with Gasteiger partial charge in [-0.2, -0.15) is 0 Å². The van der Waals surface area contributed by atoms with Gasteiger partial charge in [-0.1, -0.05) is 38.5 Å². The van der Waals surface area contributed by atoms with Crippen LogP contribution in [0.1, 0.15) is 66.7 Å². The Morgan fingerprint density at radius 1 is 1.00 bits per heavy atom. The van der Waals surface area contributed by atoms with Crippen molar-refractivity contribution in [3.05, 3.63) is 24.3 Å². The van der Waals surface area contributed by atoms with E-state index in [4.69, 9.17) is 0 Å². The second kappa shape index (κ2) is 9.50. The minimum Gasteiger partial charge on any atom is -0.103 e. The van der Waals surface area contributed by atoms with E-state index in [0.29, 0.717) is 0 Å². The molecule has 0 heterocycles. The molecule has 0 saturated carbocycles. The van der Waals surface area contributed by atoms with Crippen LogP contribution in [0.5, 0.6) is 0 Å². The molecule has 100 valence electrons. The largest absolute Gasteiger partial charge is 0.103 e. The lowest BCUT2D eigenvalue weighted by Crippen LogP contribution is -2.07. The van der Waals surface area contributed by atoms with Gasteiger partial charge in [-0.15, -0.1) is 6.58 Å². The van der Waals surface area contributed by atoms with Crippen LogP contribution in [0, 0.1) is 17.8 Å². The lowest BCUT2D eigenvalue weighted by molar-refractivity contribution is 0.336. The summed E-state index contributed by atoms with van der Waals surface area (Å²) in [6.07, 6.45) is 10.9. The minimum atomic E-state index is 0.799. The molecule has 0 nitrogen and oxygen atoms in total. The Bertz CT molecular complexity index is 220. The van der Waals surface area contributed by atoms with E-state index in [2.05, 4.69) is 53.3 Å². The molecule has 0 aromatic rings. The summed E-state index contributed by atoms with van der Waals surface area (Å²) in [6, 6.07) is 0. The summed E-state index contributed by atoms with van der Waals surface area (Å²) in [5.74, 6) is 2.51. The van der Waals surface area contributed by atoms with E-state index in [0.717, 1.165) is 24.2 Å². The Morgan fingerprint density at radius 3 is 2.12 bits per heavy atom. The van der Waals surface area contributed by atoms with E-state index in [1.165, 1.54) is 31.3 Å². The van der Waals surface area contributed by atoms with Crippen molar-refractivity contribution in [1.82, 2.24) is 0 Å². The van der Waals surface area contributed by atoms with Gasteiger partial charge in [-0.3, -0.25) is 0 Å². The number of allylic oxidation sites excluding steroid dienone is 3. The Kier molecular flexibility index (Phi) is 9.21. The first-order valence-electron chi connectivity index (χ1n) is 7.19. The lowest BCUT2D eigenvalue weighted by atomic mass is 9.86. The maximum absolute atomic E-state index is 3.82. The summed E-state index contributed by atoms with van der Waals surface area (Å²) in [6.45, 7) is 15.3. The summed E-state index contributed by atoms with van der Waals surface area (Å²) in [5, 5.41) is 0. The Labute approximate surface area is 109 Å². The van der Waals surface area contributed by atoms with Crippen LogP contribution in [-0.2, 0) is 0 Å². The molecule has 0 aromatic carbocycles. The molecule has 0 aliphatic carbocycles. The first-order valence-corrected chi connectivity index (χ1v) is 7.19. The van der Waals surface area contributed by atoms with Crippen molar-refractivity contribution in [2.24, 2.45) is 17.8 Å². The van der Waals surface area contributed by atoms with E-state index in [-0.39, 0.29) is 0 Å². The molecule has 0 aromatic heterocycles. The van der Waals surface area contributed by atoms with E-state index in [1.807, 2.05) is 0 Å². The summed E-state index contributed by atoms with van der Waals surface area (Å²) in [4.78, 5) is 0. The third kappa shape index (κ3) is 10.4. The van der Waals surface area contributed by atoms with Crippen molar-refractivity contribution in [3.8, 4) is 0 Å². The van der Waals surface area contributed by atoms with Gasteiger partial charge in [0.1, 0.15) is 0 Å². The van der Waals surface area contributed by atoms with Gasteiger partial charge in [-0.05, 0) is 63.7 Å². The fourth-order valence-electron chi connectivity index (χ4n) is 2.63. The van der Waals surface area contributed by atoms with Crippen LogP contribution in [0.15, 0.2) is 24.3 Å². The number of hydrogen-bond acceptors (Lipinski definition) is 0. The molecule has 0 aliphatic rings. The van der Waals surface area contributed by atoms with Gasteiger partial charge in [-0.25, -0.2) is 0 Å². The summed E-state index contributed by atoms with van der Waals surface area (Å²) >= 11 is 0. The van der Waals surface area contributed by atoms with Gasteiger partial charge in [0.2, 0.25) is 0 Å². The average Bonchev–Trinajstić information content (AvgIpc) is 2.16. The van der Waals surface area contributed by atoms with E-state index >= 15 is 0 Å². The Balaban J connectivity index is 3.75. The van der Waals surface area contributed by atoms with Crippen molar-refractivity contribution in [2.45, 2.75) is 66.7 Å². The second-order valence-corrected chi connectivity index (χ2v) is 6.17. The highest BCUT2D eigenvalue weighted by atomic mass is 14.2. The first-order chi connectivity index (χ1) is 7.95. The second-order valence-electron chi connectivity index (χ2n) is 6.17. The maximum atomic E-state index is 3.82. The highest BCUT2D eigenvalue weighted by Gasteiger charge is 2.11. The average molecular weight is 236 g/mol. The molecule has 0 heteroatoms. The zero-order chi connectivity index (χ0) is 13.3. The molecular formula is C17H32. The molecule has 0 rings (SSSR count). The molecule has 0 bridgehead atoms. The zero-order valence-electron chi connectivity index (χ0n) is 12.6. The normalized spacial score (nSPS) is 16.1. The van der Waals surface area contributed by atoms with Crippen molar-refractivity contribution in [2.75, 3.05) is 0 Å². The van der Waals surface area contributed by atoms with Crippen LogP contribution >= 0.6 is 0 Å². The minimum absolute atomic E-state index is 0.799. The highest BCUT2D eigenvalue weighted by molar-refractivity contribution is 4.92. The Hall–Kier alpha value is -0.520. The third-order valence-corrected chi connectivity index (χ3v) is 3.39. The molecule has 0 unspecified atom stereocenters. The monoisotopic (exact) mass is 236 g/mol. The molecule has 17 heavy (non-hydrogen) atoms. The molecule has 0 amide bonds. The van der Waals surface area contributed by atoms with Gasteiger partial charge in [0.25, 0.3) is 0 Å². The van der Waals surface area contributed by atoms with E-state index < -0.39 is 0 Å². The van der Waals surface area contributed by atoms with E-state index in [9.17, 15) is 0 Å². The summed E-state index contributed by atoms with van der Waals surface area (Å²) in [5.41, 5.74) is 1.45. The molecule has 0 N–H and O–H groups in total. The lowest BCUT2D eigenvalue weighted by Gasteiger charge is -2.19. The van der Waals surface area contributed by atoms with Crippen LogP contribution in [-0.4, -0.2) is 0 Å². The molecular weight excluding hydrogens is 204 g/mol. The van der Waals surface area contributed by atoms with Gasteiger partial charge in [0.15, 0.2) is 0 Å².